The molecule has 1 aromatic heterocycles. The predicted molar refractivity (Wildman–Crippen MR) is 65.4 cm³/mol. The number of hydrogen-bond donors (Lipinski definition) is 2. The Kier molecular flexibility index (Phi) is 4.49. The van der Waals surface area contributed by atoms with Gasteiger partial charge in [-0.2, -0.15) is 0 Å². The Balaban J connectivity index is 2.85. The monoisotopic (exact) mass is 224 g/mol. The highest BCUT2D eigenvalue weighted by Gasteiger charge is 2.14. The molecule has 1 atom stereocenters. The summed E-state index contributed by atoms with van der Waals surface area (Å²) in [6, 6.07) is 0.188. The van der Waals surface area contributed by atoms with Gasteiger partial charge in [0.2, 0.25) is 0 Å². The van der Waals surface area contributed by atoms with E-state index in [1.165, 1.54) is 4.57 Å². The minimum Gasteiger partial charge on any atom is -0.362 e. The summed E-state index contributed by atoms with van der Waals surface area (Å²) in [5.74, 6) is 0.812. The van der Waals surface area contributed by atoms with Crippen molar-refractivity contribution in [1.82, 2.24) is 9.55 Å². The van der Waals surface area contributed by atoms with Crippen molar-refractivity contribution in [3.05, 3.63) is 22.7 Å². The third kappa shape index (κ3) is 3.06. The van der Waals surface area contributed by atoms with E-state index in [-0.39, 0.29) is 11.6 Å². The molecule has 5 nitrogen and oxygen atoms in total. The average molecular weight is 224 g/mol. The van der Waals surface area contributed by atoms with Crippen molar-refractivity contribution in [3.63, 3.8) is 0 Å². The molecule has 0 amide bonds. The fourth-order valence-corrected chi connectivity index (χ4v) is 1.52. The second-order valence-corrected chi connectivity index (χ2v) is 4.26. The van der Waals surface area contributed by atoms with E-state index in [2.05, 4.69) is 24.1 Å². The number of rotatable bonds is 5. The average Bonchev–Trinajstić information content (AvgIpc) is 2.23. The van der Waals surface area contributed by atoms with Gasteiger partial charge in [-0.15, -0.1) is 0 Å². The first-order valence-electron chi connectivity index (χ1n) is 5.54. The molecule has 0 aliphatic heterocycles. The highest BCUT2D eigenvalue weighted by Crippen LogP contribution is 2.09. The van der Waals surface area contributed by atoms with E-state index < -0.39 is 0 Å². The van der Waals surface area contributed by atoms with Crippen molar-refractivity contribution < 1.29 is 0 Å². The zero-order chi connectivity index (χ0) is 12.1. The van der Waals surface area contributed by atoms with Gasteiger partial charge in [0.15, 0.2) is 5.82 Å². The number of anilines is 1. The van der Waals surface area contributed by atoms with Gasteiger partial charge in [0, 0.05) is 25.5 Å². The molecular weight excluding hydrogens is 204 g/mol. The summed E-state index contributed by atoms with van der Waals surface area (Å²) in [6.07, 6.45) is 4.09. The van der Waals surface area contributed by atoms with E-state index in [0.29, 0.717) is 18.3 Å². The largest absolute Gasteiger partial charge is 0.362 e. The van der Waals surface area contributed by atoms with Crippen molar-refractivity contribution in [3.8, 4) is 0 Å². The summed E-state index contributed by atoms with van der Waals surface area (Å²) >= 11 is 0. The Morgan fingerprint density at radius 1 is 1.56 bits per heavy atom. The van der Waals surface area contributed by atoms with Crippen LogP contribution in [0.4, 0.5) is 5.82 Å². The Morgan fingerprint density at radius 2 is 2.25 bits per heavy atom. The second kappa shape index (κ2) is 5.65. The van der Waals surface area contributed by atoms with Gasteiger partial charge < -0.3 is 15.6 Å². The van der Waals surface area contributed by atoms with Crippen LogP contribution in [-0.4, -0.2) is 22.1 Å². The van der Waals surface area contributed by atoms with Crippen LogP contribution < -0.4 is 16.6 Å². The van der Waals surface area contributed by atoms with Gasteiger partial charge >= 0.3 is 0 Å². The predicted octanol–water partition coefficient (Wildman–Crippen LogP) is 0.566. The first-order valence-corrected chi connectivity index (χ1v) is 5.54. The fraction of sp³-hybridized carbons (Fsp3) is 0.636. The fourth-order valence-electron chi connectivity index (χ4n) is 1.52. The van der Waals surface area contributed by atoms with Crippen molar-refractivity contribution in [2.75, 3.05) is 11.9 Å². The normalized spacial score (nSPS) is 12.8. The molecule has 5 heteroatoms. The molecule has 90 valence electrons. The van der Waals surface area contributed by atoms with Gasteiger partial charge in [0.1, 0.15) is 0 Å². The van der Waals surface area contributed by atoms with Crippen LogP contribution in [0, 0.1) is 5.92 Å². The minimum absolute atomic E-state index is 0.106. The van der Waals surface area contributed by atoms with Crippen molar-refractivity contribution in [2.45, 2.75) is 26.3 Å². The van der Waals surface area contributed by atoms with E-state index in [1.54, 1.807) is 19.4 Å². The van der Waals surface area contributed by atoms with E-state index in [0.717, 1.165) is 6.42 Å². The first kappa shape index (κ1) is 12.7. The number of aryl methyl sites for hydroxylation is 1. The maximum absolute atomic E-state index is 11.7. The lowest BCUT2D eigenvalue weighted by Gasteiger charge is -2.21. The van der Waals surface area contributed by atoms with E-state index in [9.17, 15) is 4.79 Å². The molecule has 16 heavy (non-hydrogen) atoms. The van der Waals surface area contributed by atoms with E-state index in [1.807, 2.05) is 0 Å². The number of nitrogens with two attached hydrogens (primary N) is 1. The molecule has 0 radical (unpaired) electrons. The lowest BCUT2D eigenvalue weighted by Crippen LogP contribution is -2.33. The molecule has 0 spiro atoms. The van der Waals surface area contributed by atoms with Gasteiger partial charge in [-0.05, 0) is 18.9 Å². The van der Waals surface area contributed by atoms with Crippen LogP contribution >= 0.6 is 0 Å². The van der Waals surface area contributed by atoms with Crippen molar-refractivity contribution >= 4 is 5.82 Å². The Hall–Kier alpha value is -1.36. The third-order valence-corrected chi connectivity index (χ3v) is 2.62. The van der Waals surface area contributed by atoms with Crippen LogP contribution in [0.25, 0.3) is 0 Å². The van der Waals surface area contributed by atoms with Crippen LogP contribution in [0.15, 0.2) is 17.2 Å². The summed E-state index contributed by atoms with van der Waals surface area (Å²) < 4.78 is 1.51. The molecule has 3 N–H and O–H groups in total. The van der Waals surface area contributed by atoms with Gasteiger partial charge in [-0.25, -0.2) is 4.98 Å². The first-order chi connectivity index (χ1) is 7.56. The molecule has 1 rings (SSSR count). The Bertz CT molecular complexity index is 386. The standard InChI is InChI=1S/C11H20N4O/c1-8(2)9(4-5-12)14-10-11(16)15(3)7-6-13-10/h6-9H,4-5,12H2,1-3H3,(H,13,14). The smallest absolute Gasteiger partial charge is 0.293 e. The molecular formula is C11H20N4O. The third-order valence-electron chi connectivity index (χ3n) is 2.62. The van der Waals surface area contributed by atoms with Crippen LogP contribution in [0.2, 0.25) is 0 Å². The van der Waals surface area contributed by atoms with E-state index >= 15 is 0 Å². The SMILES string of the molecule is CC(C)C(CCN)Nc1nccn(C)c1=O. The number of hydrogen-bond acceptors (Lipinski definition) is 4. The van der Waals surface area contributed by atoms with Crippen LogP contribution in [-0.2, 0) is 7.05 Å². The molecule has 0 aliphatic carbocycles. The van der Waals surface area contributed by atoms with Gasteiger partial charge in [-0.3, -0.25) is 4.79 Å². The summed E-state index contributed by atoms with van der Waals surface area (Å²) in [4.78, 5) is 15.8. The molecule has 1 heterocycles. The van der Waals surface area contributed by atoms with Gasteiger partial charge in [0.05, 0.1) is 0 Å². The lowest BCUT2D eigenvalue weighted by molar-refractivity contribution is 0.496. The van der Waals surface area contributed by atoms with Crippen LogP contribution in [0.3, 0.4) is 0 Å². The highest BCUT2D eigenvalue weighted by atomic mass is 16.1. The zero-order valence-electron chi connectivity index (χ0n) is 10.1. The minimum atomic E-state index is -0.106. The lowest BCUT2D eigenvalue weighted by atomic mass is 10.0. The number of nitrogens with one attached hydrogen (secondary N) is 1. The maximum Gasteiger partial charge on any atom is 0.293 e. The maximum atomic E-state index is 11.7. The molecule has 0 bridgehead atoms. The van der Waals surface area contributed by atoms with Gasteiger partial charge in [0.25, 0.3) is 5.56 Å². The molecule has 0 fully saturated rings. The summed E-state index contributed by atoms with van der Waals surface area (Å²) in [7, 11) is 1.71. The molecule has 0 aromatic carbocycles. The molecule has 0 saturated heterocycles. The Labute approximate surface area is 95.7 Å². The number of nitrogens with zero attached hydrogens (tertiary/aromatic N) is 2. The Morgan fingerprint density at radius 3 is 2.81 bits per heavy atom. The molecule has 0 saturated carbocycles. The highest BCUT2D eigenvalue weighted by molar-refractivity contribution is 5.32. The van der Waals surface area contributed by atoms with E-state index in [4.69, 9.17) is 5.73 Å². The molecule has 0 aliphatic rings. The summed E-state index contributed by atoms with van der Waals surface area (Å²) in [6.45, 7) is 4.80. The van der Waals surface area contributed by atoms with Crippen LogP contribution in [0.1, 0.15) is 20.3 Å². The van der Waals surface area contributed by atoms with Gasteiger partial charge in [-0.1, -0.05) is 13.8 Å². The second-order valence-electron chi connectivity index (χ2n) is 4.26. The molecule has 1 unspecified atom stereocenters. The van der Waals surface area contributed by atoms with Crippen LogP contribution in [0.5, 0.6) is 0 Å². The number of aromatic nitrogens is 2. The molecule has 1 aromatic rings. The topological polar surface area (TPSA) is 72.9 Å². The van der Waals surface area contributed by atoms with Crippen molar-refractivity contribution in [1.29, 1.82) is 0 Å². The zero-order valence-corrected chi connectivity index (χ0v) is 10.1. The van der Waals surface area contributed by atoms with Crippen molar-refractivity contribution in [2.24, 2.45) is 18.7 Å². The summed E-state index contributed by atoms with van der Waals surface area (Å²) in [5, 5.41) is 3.16. The quantitative estimate of drug-likeness (QED) is 0.766. The summed E-state index contributed by atoms with van der Waals surface area (Å²) in [5.41, 5.74) is 5.44.